The first-order valence-corrected chi connectivity index (χ1v) is 4.47. The first kappa shape index (κ1) is 9.40. The molecule has 0 unspecified atom stereocenters. The SMILES string of the molecule is C=C1C=NC=C1OC(=O)c1ccccc1. The van der Waals surface area contributed by atoms with Crippen LogP contribution in [0.2, 0.25) is 0 Å². The number of ether oxygens (including phenoxy) is 1. The maximum atomic E-state index is 11.6. The molecule has 2 rings (SSSR count). The van der Waals surface area contributed by atoms with Crippen molar-refractivity contribution in [2.45, 2.75) is 0 Å². The molecule has 1 aliphatic heterocycles. The van der Waals surface area contributed by atoms with E-state index in [1.165, 1.54) is 6.20 Å². The molecule has 0 radical (unpaired) electrons. The molecule has 74 valence electrons. The van der Waals surface area contributed by atoms with Crippen LogP contribution in [0.25, 0.3) is 0 Å². The summed E-state index contributed by atoms with van der Waals surface area (Å²) in [7, 11) is 0. The molecule has 0 aliphatic carbocycles. The van der Waals surface area contributed by atoms with Crippen LogP contribution in [-0.2, 0) is 4.74 Å². The van der Waals surface area contributed by atoms with Gasteiger partial charge in [0.2, 0.25) is 0 Å². The predicted molar refractivity (Wildman–Crippen MR) is 57.6 cm³/mol. The highest BCUT2D eigenvalue weighted by Crippen LogP contribution is 2.15. The first-order valence-electron chi connectivity index (χ1n) is 4.47. The lowest BCUT2D eigenvalue weighted by molar-refractivity contribution is 0.0635. The number of hydrogen-bond acceptors (Lipinski definition) is 3. The van der Waals surface area contributed by atoms with E-state index in [1.807, 2.05) is 6.07 Å². The van der Waals surface area contributed by atoms with Gasteiger partial charge in [-0.25, -0.2) is 4.79 Å². The minimum atomic E-state index is -0.395. The quantitative estimate of drug-likeness (QED) is 0.685. The molecular formula is C12H9NO2. The minimum absolute atomic E-state index is 0.395. The fourth-order valence-corrected chi connectivity index (χ4v) is 1.17. The summed E-state index contributed by atoms with van der Waals surface area (Å²) in [5.74, 6) is 0.0114. The zero-order valence-electron chi connectivity index (χ0n) is 8.01. The van der Waals surface area contributed by atoms with E-state index in [0.717, 1.165) is 0 Å². The Kier molecular flexibility index (Phi) is 2.46. The van der Waals surface area contributed by atoms with Crippen molar-refractivity contribution in [2.75, 3.05) is 0 Å². The Bertz CT molecular complexity index is 458. The molecule has 1 heterocycles. The van der Waals surface area contributed by atoms with Crippen molar-refractivity contribution in [3.05, 3.63) is 60.0 Å². The Morgan fingerprint density at radius 2 is 2.00 bits per heavy atom. The number of aliphatic imine (C=N–C) groups is 1. The Labute approximate surface area is 87.4 Å². The maximum absolute atomic E-state index is 11.6. The van der Waals surface area contributed by atoms with E-state index in [9.17, 15) is 4.79 Å². The molecule has 0 N–H and O–H groups in total. The van der Waals surface area contributed by atoms with Crippen molar-refractivity contribution in [3.8, 4) is 0 Å². The molecule has 3 nitrogen and oxygen atoms in total. The van der Waals surface area contributed by atoms with Crippen LogP contribution in [0.4, 0.5) is 0 Å². The van der Waals surface area contributed by atoms with Crippen LogP contribution >= 0.6 is 0 Å². The van der Waals surface area contributed by atoms with Gasteiger partial charge in [0.1, 0.15) is 0 Å². The number of rotatable bonds is 2. The number of nitrogens with zero attached hydrogens (tertiary/aromatic N) is 1. The van der Waals surface area contributed by atoms with Crippen molar-refractivity contribution in [1.82, 2.24) is 0 Å². The van der Waals surface area contributed by atoms with E-state index in [0.29, 0.717) is 16.9 Å². The van der Waals surface area contributed by atoms with Crippen molar-refractivity contribution < 1.29 is 9.53 Å². The molecule has 15 heavy (non-hydrogen) atoms. The summed E-state index contributed by atoms with van der Waals surface area (Å²) in [6.45, 7) is 3.69. The molecule has 0 atom stereocenters. The lowest BCUT2D eigenvalue weighted by Crippen LogP contribution is -2.05. The molecule has 1 aliphatic rings. The molecule has 1 aromatic carbocycles. The Morgan fingerprint density at radius 1 is 1.27 bits per heavy atom. The number of carbonyl (C=O) groups is 1. The highest BCUT2D eigenvalue weighted by molar-refractivity contribution is 5.93. The van der Waals surface area contributed by atoms with E-state index in [1.54, 1.807) is 30.5 Å². The summed E-state index contributed by atoms with van der Waals surface area (Å²) in [5, 5.41) is 0. The number of allylic oxidation sites excluding steroid dienone is 1. The molecule has 1 aromatic rings. The van der Waals surface area contributed by atoms with Gasteiger partial charge in [-0.3, -0.25) is 4.99 Å². The van der Waals surface area contributed by atoms with Gasteiger partial charge in [0.25, 0.3) is 0 Å². The second kappa shape index (κ2) is 3.92. The number of hydrogen-bond donors (Lipinski definition) is 0. The van der Waals surface area contributed by atoms with Crippen molar-refractivity contribution in [3.63, 3.8) is 0 Å². The molecule has 0 spiro atoms. The molecule has 0 saturated carbocycles. The van der Waals surface area contributed by atoms with Crippen molar-refractivity contribution in [1.29, 1.82) is 0 Å². The van der Waals surface area contributed by atoms with Crippen LogP contribution in [0.5, 0.6) is 0 Å². The second-order valence-electron chi connectivity index (χ2n) is 3.05. The van der Waals surface area contributed by atoms with Crippen LogP contribution in [0, 0.1) is 0 Å². The van der Waals surface area contributed by atoms with Gasteiger partial charge >= 0.3 is 5.97 Å². The van der Waals surface area contributed by atoms with Crippen LogP contribution in [0.1, 0.15) is 10.4 Å². The first-order chi connectivity index (χ1) is 7.27. The standard InChI is InChI=1S/C12H9NO2/c1-9-7-13-8-11(9)15-12(14)10-5-3-2-4-6-10/h2-8H,1H2. The smallest absolute Gasteiger partial charge is 0.343 e. The molecule has 0 fully saturated rings. The van der Waals surface area contributed by atoms with E-state index >= 15 is 0 Å². The molecule has 0 aromatic heterocycles. The largest absolute Gasteiger partial charge is 0.421 e. The lowest BCUT2D eigenvalue weighted by atomic mass is 10.2. The van der Waals surface area contributed by atoms with E-state index in [4.69, 9.17) is 4.74 Å². The summed E-state index contributed by atoms with van der Waals surface area (Å²) >= 11 is 0. The zero-order chi connectivity index (χ0) is 10.7. The summed E-state index contributed by atoms with van der Waals surface area (Å²) in [6, 6.07) is 8.80. The van der Waals surface area contributed by atoms with Gasteiger partial charge in [-0.1, -0.05) is 24.8 Å². The van der Waals surface area contributed by atoms with Crippen molar-refractivity contribution in [2.24, 2.45) is 4.99 Å². The molecule has 0 saturated heterocycles. The third-order valence-corrected chi connectivity index (χ3v) is 1.95. The highest BCUT2D eigenvalue weighted by Gasteiger charge is 2.13. The summed E-state index contributed by atoms with van der Waals surface area (Å²) in [5.41, 5.74) is 1.12. The van der Waals surface area contributed by atoms with Crippen LogP contribution < -0.4 is 0 Å². The van der Waals surface area contributed by atoms with Gasteiger partial charge in [-0.15, -0.1) is 0 Å². The lowest BCUT2D eigenvalue weighted by Gasteiger charge is -2.04. The second-order valence-corrected chi connectivity index (χ2v) is 3.05. The normalized spacial score (nSPS) is 13.9. The minimum Gasteiger partial charge on any atom is -0.421 e. The fourth-order valence-electron chi connectivity index (χ4n) is 1.17. The van der Waals surface area contributed by atoms with Gasteiger partial charge in [0.05, 0.1) is 11.8 Å². The molecule has 0 bridgehead atoms. The Hall–Kier alpha value is -2.16. The Balaban J connectivity index is 2.09. The van der Waals surface area contributed by atoms with Gasteiger partial charge < -0.3 is 4.74 Å². The van der Waals surface area contributed by atoms with Crippen molar-refractivity contribution >= 4 is 12.2 Å². The molecule has 3 heteroatoms. The van der Waals surface area contributed by atoms with Crippen LogP contribution in [0.3, 0.4) is 0 Å². The maximum Gasteiger partial charge on any atom is 0.343 e. The Morgan fingerprint density at radius 3 is 2.60 bits per heavy atom. The third-order valence-electron chi connectivity index (χ3n) is 1.95. The third kappa shape index (κ3) is 2.02. The summed E-state index contributed by atoms with van der Waals surface area (Å²) in [4.78, 5) is 15.4. The molecule has 0 amide bonds. The number of benzene rings is 1. The van der Waals surface area contributed by atoms with Gasteiger partial charge in [0.15, 0.2) is 5.76 Å². The highest BCUT2D eigenvalue weighted by atomic mass is 16.5. The average molecular weight is 199 g/mol. The fraction of sp³-hybridized carbons (Fsp3) is 0. The van der Waals surface area contributed by atoms with E-state index in [-0.39, 0.29) is 0 Å². The number of esters is 1. The van der Waals surface area contributed by atoms with E-state index < -0.39 is 5.97 Å². The topological polar surface area (TPSA) is 38.7 Å². The summed E-state index contributed by atoms with van der Waals surface area (Å²) < 4.78 is 5.11. The zero-order valence-corrected chi connectivity index (χ0v) is 8.01. The molecular weight excluding hydrogens is 190 g/mol. The summed E-state index contributed by atoms with van der Waals surface area (Å²) in [6.07, 6.45) is 3.02. The van der Waals surface area contributed by atoms with E-state index in [2.05, 4.69) is 11.6 Å². The van der Waals surface area contributed by atoms with Gasteiger partial charge in [-0.2, -0.15) is 0 Å². The van der Waals surface area contributed by atoms with Crippen LogP contribution in [-0.4, -0.2) is 12.2 Å². The van der Waals surface area contributed by atoms with Crippen LogP contribution in [0.15, 0.2) is 59.4 Å². The monoisotopic (exact) mass is 199 g/mol. The average Bonchev–Trinajstić information content (AvgIpc) is 2.66. The van der Waals surface area contributed by atoms with Gasteiger partial charge in [0, 0.05) is 11.8 Å². The van der Waals surface area contributed by atoms with Gasteiger partial charge in [-0.05, 0) is 12.1 Å². The predicted octanol–water partition coefficient (Wildman–Crippen LogP) is 2.33. The number of carbonyl (C=O) groups excluding carboxylic acids is 1.